The first kappa shape index (κ1) is 15.8. The van der Waals surface area contributed by atoms with Crippen LogP contribution in [0.1, 0.15) is 13.0 Å². The molecule has 0 saturated carbocycles. The van der Waals surface area contributed by atoms with Gasteiger partial charge in [-0.1, -0.05) is 11.6 Å². The van der Waals surface area contributed by atoms with Crippen LogP contribution in [0.25, 0.3) is 0 Å². The van der Waals surface area contributed by atoms with Crippen LogP contribution < -0.4 is 10.2 Å². The van der Waals surface area contributed by atoms with Crippen molar-refractivity contribution in [1.29, 1.82) is 0 Å². The van der Waals surface area contributed by atoms with E-state index in [1.54, 1.807) is 36.1 Å². The van der Waals surface area contributed by atoms with E-state index in [0.29, 0.717) is 23.9 Å². The van der Waals surface area contributed by atoms with Crippen LogP contribution in [-0.4, -0.2) is 42.0 Å². The smallest absolute Gasteiger partial charge is 0.249 e. The third-order valence-electron chi connectivity index (χ3n) is 3.87. The number of morpholine rings is 1. The standard InChI is InChI=1S/C16H19ClN4O2/c1-12(21-6-2-5-18-21)16(22)19-14-11-13(17)3-4-15(14)20-7-9-23-10-8-20/h2-6,11-12H,7-10H2,1H3,(H,19,22). The maximum Gasteiger partial charge on any atom is 0.249 e. The highest BCUT2D eigenvalue weighted by Gasteiger charge is 2.20. The lowest BCUT2D eigenvalue weighted by atomic mass is 10.2. The molecule has 6 nitrogen and oxygen atoms in total. The minimum atomic E-state index is -0.401. The van der Waals surface area contributed by atoms with Gasteiger partial charge in [0.1, 0.15) is 6.04 Å². The maximum atomic E-state index is 12.5. The summed E-state index contributed by atoms with van der Waals surface area (Å²) in [5.41, 5.74) is 1.67. The molecule has 23 heavy (non-hydrogen) atoms. The Hall–Kier alpha value is -2.05. The molecule has 7 heteroatoms. The molecule has 0 spiro atoms. The highest BCUT2D eigenvalue weighted by Crippen LogP contribution is 2.30. The van der Waals surface area contributed by atoms with Crippen LogP contribution in [-0.2, 0) is 9.53 Å². The molecule has 122 valence electrons. The molecule has 1 aromatic carbocycles. The van der Waals surface area contributed by atoms with Crippen LogP contribution in [0, 0.1) is 0 Å². The molecule has 1 unspecified atom stereocenters. The number of benzene rings is 1. The minimum Gasteiger partial charge on any atom is -0.378 e. The normalized spacial score (nSPS) is 16.2. The molecule has 0 aliphatic carbocycles. The van der Waals surface area contributed by atoms with Gasteiger partial charge in [-0.25, -0.2) is 0 Å². The summed E-state index contributed by atoms with van der Waals surface area (Å²) in [6, 6.07) is 6.94. The van der Waals surface area contributed by atoms with Crippen molar-refractivity contribution in [3.05, 3.63) is 41.7 Å². The van der Waals surface area contributed by atoms with Gasteiger partial charge in [-0.3, -0.25) is 9.48 Å². The number of amides is 1. The second kappa shape index (κ2) is 7.02. The predicted molar refractivity (Wildman–Crippen MR) is 90.1 cm³/mol. The molecule has 2 heterocycles. The number of halogens is 1. The number of nitrogens with one attached hydrogen (secondary N) is 1. The number of carbonyl (C=O) groups excluding carboxylic acids is 1. The van der Waals surface area contributed by atoms with Gasteiger partial charge in [0, 0.05) is 30.5 Å². The Kier molecular flexibility index (Phi) is 4.83. The van der Waals surface area contributed by atoms with Crippen molar-refractivity contribution in [3.8, 4) is 0 Å². The van der Waals surface area contributed by atoms with Crippen molar-refractivity contribution in [2.75, 3.05) is 36.5 Å². The van der Waals surface area contributed by atoms with Gasteiger partial charge in [0.15, 0.2) is 0 Å². The maximum absolute atomic E-state index is 12.5. The molecule has 1 N–H and O–H groups in total. The topological polar surface area (TPSA) is 59.4 Å². The molecule has 1 amide bonds. The van der Waals surface area contributed by atoms with Gasteiger partial charge >= 0.3 is 0 Å². The zero-order chi connectivity index (χ0) is 16.2. The molecule has 1 aliphatic heterocycles. The first-order chi connectivity index (χ1) is 11.1. The second-order valence-corrected chi connectivity index (χ2v) is 5.85. The van der Waals surface area contributed by atoms with E-state index in [2.05, 4.69) is 15.3 Å². The van der Waals surface area contributed by atoms with E-state index in [4.69, 9.17) is 16.3 Å². The van der Waals surface area contributed by atoms with Crippen LogP contribution in [0.3, 0.4) is 0 Å². The highest BCUT2D eigenvalue weighted by molar-refractivity contribution is 6.31. The summed E-state index contributed by atoms with van der Waals surface area (Å²) in [5.74, 6) is -0.134. The third-order valence-corrected chi connectivity index (χ3v) is 4.10. The van der Waals surface area contributed by atoms with E-state index in [0.717, 1.165) is 18.8 Å². The van der Waals surface area contributed by atoms with Crippen LogP contribution in [0.15, 0.2) is 36.7 Å². The largest absolute Gasteiger partial charge is 0.378 e. The van der Waals surface area contributed by atoms with E-state index in [-0.39, 0.29) is 5.91 Å². The van der Waals surface area contributed by atoms with Gasteiger partial charge in [-0.05, 0) is 31.2 Å². The van der Waals surface area contributed by atoms with Crippen molar-refractivity contribution in [1.82, 2.24) is 9.78 Å². The number of nitrogens with zero attached hydrogens (tertiary/aromatic N) is 3. The average Bonchev–Trinajstić information content (AvgIpc) is 3.09. The predicted octanol–water partition coefficient (Wildman–Crippen LogP) is 2.57. The minimum absolute atomic E-state index is 0.134. The fraction of sp³-hybridized carbons (Fsp3) is 0.375. The number of hydrogen-bond acceptors (Lipinski definition) is 4. The van der Waals surface area contributed by atoms with Gasteiger partial charge in [0.05, 0.1) is 24.6 Å². The zero-order valence-corrected chi connectivity index (χ0v) is 13.7. The van der Waals surface area contributed by atoms with Gasteiger partial charge in [0.2, 0.25) is 5.91 Å². The fourth-order valence-corrected chi connectivity index (χ4v) is 2.73. The SMILES string of the molecule is CC(C(=O)Nc1cc(Cl)ccc1N1CCOCC1)n1cccn1. The lowest BCUT2D eigenvalue weighted by Gasteiger charge is -2.30. The van der Waals surface area contributed by atoms with Crippen molar-refractivity contribution < 1.29 is 9.53 Å². The molecule has 1 atom stereocenters. The number of carbonyl (C=O) groups is 1. The summed E-state index contributed by atoms with van der Waals surface area (Å²) in [6.45, 7) is 4.75. The summed E-state index contributed by atoms with van der Waals surface area (Å²) in [4.78, 5) is 14.7. The Morgan fingerprint density at radius 2 is 2.17 bits per heavy atom. The number of anilines is 2. The molecule has 0 radical (unpaired) electrons. The van der Waals surface area contributed by atoms with E-state index in [1.807, 2.05) is 12.1 Å². The Labute approximate surface area is 140 Å². The van der Waals surface area contributed by atoms with Gasteiger partial charge < -0.3 is 15.0 Å². The fourth-order valence-electron chi connectivity index (χ4n) is 2.56. The van der Waals surface area contributed by atoms with E-state index in [9.17, 15) is 4.79 Å². The van der Waals surface area contributed by atoms with Crippen LogP contribution in [0.4, 0.5) is 11.4 Å². The summed E-state index contributed by atoms with van der Waals surface area (Å²) in [7, 11) is 0. The molecule has 2 aromatic rings. The molecule has 1 aromatic heterocycles. The van der Waals surface area contributed by atoms with Crippen molar-refractivity contribution in [2.24, 2.45) is 0 Å². The number of hydrogen-bond donors (Lipinski definition) is 1. The lowest BCUT2D eigenvalue weighted by Crippen LogP contribution is -2.37. The Morgan fingerprint density at radius 1 is 1.39 bits per heavy atom. The molecule has 1 fully saturated rings. The first-order valence-electron chi connectivity index (χ1n) is 7.57. The lowest BCUT2D eigenvalue weighted by molar-refractivity contribution is -0.119. The molecule has 3 rings (SSSR count). The van der Waals surface area contributed by atoms with E-state index < -0.39 is 6.04 Å². The van der Waals surface area contributed by atoms with E-state index >= 15 is 0 Å². The van der Waals surface area contributed by atoms with Crippen LogP contribution in [0.5, 0.6) is 0 Å². The summed E-state index contributed by atoms with van der Waals surface area (Å²) < 4.78 is 7.01. The monoisotopic (exact) mass is 334 g/mol. The summed E-state index contributed by atoms with van der Waals surface area (Å²) >= 11 is 6.11. The molecular formula is C16H19ClN4O2. The highest BCUT2D eigenvalue weighted by atomic mass is 35.5. The number of rotatable bonds is 4. The van der Waals surface area contributed by atoms with E-state index in [1.165, 1.54) is 0 Å². The van der Waals surface area contributed by atoms with Crippen molar-refractivity contribution in [2.45, 2.75) is 13.0 Å². The number of ether oxygens (including phenoxy) is 1. The summed E-state index contributed by atoms with van der Waals surface area (Å²) in [6.07, 6.45) is 3.42. The first-order valence-corrected chi connectivity index (χ1v) is 7.95. The van der Waals surface area contributed by atoms with Gasteiger partial charge in [-0.2, -0.15) is 5.10 Å². The van der Waals surface area contributed by atoms with Gasteiger partial charge in [0.25, 0.3) is 0 Å². The average molecular weight is 335 g/mol. The van der Waals surface area contributed by atoms with Crippen molar-refractivity contribution in [3.63, 3.8) is 0 Å². The molecule has 1 aliphatic rings. The third kappa shape index (κ3) is 3.65. The Bertz CT molecular complexity index is 669. The van der Waals surface area contributed by atoms with Crippen LogP contribution in [0.2, 0.25) is 5.02 Å². The second-order valence-electron chi connectivity index (χ2n) is 5.41. The summed E-state index contributed by atoms with van der Waals surface area (Å²) in [5, 5.41) is 7.67. The van der Waals surface area contributed by atoms with Crippen LogP contribution >= 0.6 is 11.6 Å². The molecular weight excluding hydrogens is 316 g/mol. The molecule has 1 saturated heterocycles. The molecule has 0 bridgehead atoms. The zero-order valence-electron chi connectivity index (χ0n) is 12.9. The Balaban J connectivity index is 1.80. The Morgan fingerprint density at radius 3 is 2.87 bits per heavy atom. The van der Waals surface area contributed by atoms with Gasteiger partial charge in [-0.15, -0.1) is 0 Å². The van der Waals surface area contributed by atoms with Crippen molar-refractivity contribution >= 4 is 28.9 Å². The quantitative estimate of drug-likeness (QED) is 0.933. The number of aromatic nitrogens is 2.